The van der Waals surface area contributed by atoms with Gasteiger partial charge in [0.15, 0.2) is 0 Å². The Morgan fingerprint density at radius 2 is 1.85 bits per heavy atom. The summed E-state index contributed by atoms with van der Waals surface area (Å²) < 4.78 is 5.24. The van der Waals surface area contributed by atoms with Crippen molar-refractivity contribution in [3.8, 4) is 11.8 Å². The largest absolute Gasteiger partial charge is 0.497 e. The number of nitro benzene ring substituents is 1. The number of ether oxygens (including phenoxy) is 1. The van der Waals surface area contributed by atoms with Gasteiger partial charge in [-0.1, -0.05) is 18.2 Å². The fourth-order valence-electron chi connectivity index (χ4n) is 2.92. The van der Waals surface area contributed by atoms with Gasteiger partial charge in [-0.15, -0.1) is 0 Å². The van der Waals surface area contributed by atoms with Crippen LogP contribution in [0.5, 0.6) is 5.75 Å². The van der Waals surface area contributed by atoms with Crippen molar-refractivity contribution in [3.05, 3.63) is 75.8 Å². The van der Waals surface area contributed by atoms with E-state index in [0.717, 1.165) is 22.1 Å². The standard InChI is InChI=1S/C20H17N3O3/c1-22(20-8-6-18(23(24)25)10-17(20)12-21)13-14-3-4-16-11-19(26-2)7-5-15(16)9-14/h3-11H,13H2,1-2H3. The zero-order valence-electron chi connectivity index (χ0n) is 14.5. The predicted molar refractivity (Wildman–Crippen MR) is 100 cm³/mol. The van der Waals surface area contributed by atoms with Gasteiger partial charge < -0.3 is 9.64 Å². The summed E-state index contributed by atoms with van der Waals surface area (Å²) in [6.45, 7) is 0.578. The van der Waals surface area contributed by atoms with Crippen LogP contribution in [0.2, 0.25) is 0 Å². The summed E-state index contributed by atoms with van der Waals surface area (Å²) in [4.78, 5) is 12.3. The fraction of sp³-hybridized carbons (Fsp3) is 0.150. The molecule has 0 spiro atoms. The van der Waals surface area contributed by atoms with Crippen molar-refractivity contribution >= 4 is 22.1 Å². The molecule has 6 nitrogen and oxygen atoms in total. The van der Waals surface area contributed by atoms with E-state index < -0.39 is 4.92 Å². The third-order valence-corrected chi connectivity index (χ3v) is 4.25. The van der Waals surface area contributed by atoms with Gasteiger partial charge in [0.1, 0.15) is 11.8 Å². The summed E-state index contributed by atoms with van der Waals surface area (Å²) >= 11 is 0. The average Bonchev–Trinajstić information content (AvgIpc) is 2.66. The van der Waals surface area contributed by atoms with Crippen molar-refractivity contribution in [3.63, 3.8) is 0 Å². The second-order valence-corrected chi connectivity index (χ2v) is 5.97. The van der Waals surface area contributed by atoms with Crippen LogP contribution in [-0.2, 0) is 6.54 Å². The highest BCUT2D eigenvalue weighted by atomic mass is 16.6. The van der Waals surface area contributed by atoms with E-state index in [2.05, 4.69) is 6.07 Å². The van der Waals surface area contributed by atoms with Crippen LogP contribution in [0.3, 0.4) is 0 Å². The fourth-order valence-corrected chi connectivity index (χ4v) is 2.92. The maximum absolute atomic E-state index is 10.9. The minimum absolute atomic E-state index is 0.0849. The number of nitro groups is 1. The van der Waals surface area contributed by atoms with Crippen LogP contribution >= 0.6 is 0 Å². The van der Waals surface area contributed by atoms with Crippen LogP contribution in [-0.4, -0.2) is 19.1 Å². The smallest absolute Gasteiger partial charge is 0.270 e. The summed E-state index contributed by atoms with van der Waals surface area (Å²) in [5, 5.41) is 22.4. The molecule has 0 aliphatic rings. The lowest BCUT2D eigenvalue weighted by atomic mass is 10.1. The number of benzene rings is 3. The van der Waals surface area contributed by atoms with Crippen LogP contribution < -0.4 is 9.64 Å². The number of nitriles is 1. The first-order valence-corrected chi connectivity index (χ1v) is 7.98. The van der Waals surface area contributed by atoms with Gasteiger partial charge in [0.05, 0.1) is 23.3 Å². The number of hydrogen-bond donors (Lipinski definition) is 0. The normalized spacial score (nSPS) is 10.3. The molecule has 0 aromatic heterocycles. The first-order valence-electron chi connectivity index (χ1n) is 7.98. The van der Waals surface area contributed by atoms with Crippen molar-refractivity contribution in [2.24, 2.45) is 0 Å². The Bertz CT molecular complexity index is 1020. The molecular weight excluding hydrogens is 330 g/mol. The topological polar surface area (TPSA) is 79.4 Å². The molecule has 0 aliphatic carbocycles. The molecule has 0 heterocycles. The maximum Gasteiger partial charge on any atom is 0.270 e. The van der Waals surface area contributed by atoms with Crippen molar-refractivity contribution < 1.29 is 9.66 Å². The van der Waals surface area contributed by atoms with Gasteiger partial charge in [0.2, 0.25) is 0 Å². The Labute approximate surface area is 151 Å². The quantitative estimate of drug-likeness (QED) is 0.509. The maximum atomic E-state index is 10.9. The van der Waals surface area contributed by atoms with Crippen molar-refractivity contribution in [2.45, 2.75) is 6.54 Å². The van der Waals surface area contributed by atoms with Crippen molar-refractivity contribution in [1.29, 1.82) is 5.26 Å². The Morgan fingerprint density at radius 3 is 2.54 bits per heavy atom. The molecule has 0 N–H and O–H groups in total. The number of non-ortho nitro benzene ring substituents is 1. The molecule has 0 aliphatic heterocycles. The minimum Gasteiger partial charge on any atom is -0.497 e. The molecule has 0 saturated carbocycles. The lowest BCUT2D eigenvalue weighted by Gasteiger charge is -2.20. The molecule has 0 saturated heterocycles. The third kappa shape index (κ3) is 3.42. The van der Waals surface area contributed by atoms with Crippen LogP contribution in [0, 0.1) is 21.4 Å². The van der Waals surface area contributed by atoms with Gasteiger partial charge >= 0.3 is 0 Å². The van der Waals surface area contributed by atoms with Gasteiger partial charge in [-0.05, 0) is 40.6 Å². The molecule has 0 radical (unpaired) electrons. The SMILES string of the molecule is COc1ccc2cc(CN(C)c3ccc([N+](=O)[O-])cc3C#N)ccc2c1. The number of fused-ring (bicyclic) bond motifs is 1. The van der Waals surface area contributed by atoms with Gasteiger partial charge in [-0.2, -0.15) is 5.26 Å². The number of nitrogens with zero attached hydrogens (tertiary/aromatic N) is 3. The summed E-state index contributed by atoms with van der Waals surface area (Å²) in [6.07, 6.45) is 0. The zero-order chi connectivity index (χ0) is 18.7. The second kappa shape index (κ2) is 7.11. The zero-order valence-corrected chi connectivity index (χ0v) is 14.5. The van der Waals surface area contributed by atoms with Crippen LogP contribution in [0.4, 0.5) is 11.4 Å². The van der Waals surface area contributed by atoms with E-state index in [9.17, 15) is 15.4 Å². The Balaban J connectivity index is 1.88. The summed E-state index contributed by atoms with van der Waals surface area (Å²) in [7, 11) is 3.50. The van der Waals surface area contributed by atoms with Crippen molar-refractivity contribution in [1.82, 2.24) is 0 Å². The van der Waals surface area contributed by atoms with Gasteiger partial charge in [0.25, 0.3) is 5.69 Å². The molecule has 3 rings (SSSR count). The lowest BCUT2D eigenvalue weighted by Crippen LogP contribution is -2.17. The Hall–Kier alpha value is -3.59. The summed E-state index contributed by atoms with van der Waals surface area (Å²) in [5.74, 6) is 0.812. The van der Waals surface area contributed by atoms with E-state index in [4.69, 9.17) is 4.74 Å². The van der Waals surface area contributed by atoms with Gasteiger partial charge in [-0.3, -0.25) is 10.1 Å². The molecule has 3 aromatic carbocycles. The number of methoxy groups -OCH3 is 1. The average molecular weight is 347 g/mol. The molecule has 26 heavy (non-hydrogen) atoms. The highest BCUT2D eigenvalue weighted by molar-refractivity contribution is 5.84. The van der Waals surface area contributed by atoms with Crippen LogP contribution in [0.1, 0.15) is 11.1 Å². The molecule has 0 fully saturated rings. The van der Waals surface area contributed by atoms with Gasteiger partial charge in [-0.25, -0.2) is 0 Å². The van der Waals surface area contributed by atoms with E-state index in [1.54, 1.807) is 13.2 Å². The van der Waals surface area contributed by atoms with E-state index in [1.807, 2.05) is 48.3 Å². The van der Waals surface area contributed by atoms with E-state index in [0.29, 0.717) is 12.2 Å². The first kappa shape index (κ1) is 17.2. The van der Waals surface area contributed by atoms with Crippen LogP contribution in [0.25, 0.3) is 10.8 Å². The summed E-state index contributed by atoms with van der Waals surface area (Å²) in [6, 6.07) is 18.4. The first-order chi connectivity index (χ1) is 12.5. The molecule has 0 bridgehead atoms. The van der Waals surface area contributed by atoms with E-state index in [-0.39, 0.29) is 11.3 Å². The molecule has 6 heteroatoms. The minimum atomic E-state index is -0.498. The van der Waals surface area contributed by atoms with Crippen molar-refractivity contribution in [2.75, 3.05) is 19.1 Å². The molecular formula is C20H17N3O3. The van der Waals surface area contributed by atoms with Gasteiger partial charge in [0, 0.05) is 25.7 Å². The van der Waals surface area contributed by atoms with E-state index in [1.165, 1.54) is 12.1 Å². The van der Waals surface area contributed by atoms with Crippen LogP contribution in [0.15, 0.2) is 54.6 Å². The summed E-state index contributed by atoms with van der Waals surface area (Å²) in [5.41, 5.74) is 1.94. The molecule has 0 unspecified atom stereocenters. The van der Waals surface area contributed by atoms with E-state index >= 15 is 0 Å². The lowest BCUT2D eigenvalue weighted by molar-refractivity contribution is -0.384. The predicted octanol–water partition coefficient (Wildman–Crippen LogP) is 4.26. The molecule has 130 valence electrons. The highest BCUT2D eigenvalue weighted by Gasteiger charge is 2.14. The monoisotopic (exact) mass is 347 g/mol. The Morgan fingerprint density at radius 1 is 1.12 bits per heavy atom. The third-order valence-electron chi connectivity index (χ3n) is 4.25. The number of anilines is 1. The molecule has 3 aromatic rings. The number of rotatable bonds is 5. The Kier molecular flexibility index (Phi) is 4.72. The highest BCUT2D eigenvalue weighted by Crippen LogP contribution is 2.27. The molecule has 0 amide bonds. The molecule has 0 atom stereocenters. The second-order valence-electron chi connectivity index (χ2n) is 5.97. The number of hydrogen-bond acceptors (Lipinski definition) is 5.